The summed E-state index contributed by atoms with van der Waals surface area (Å²) in [5.41, 5.74) is 3.63. The van der Waals surface area contributed by atoms with Crippen molar-refractivity contribution in [1.29, 1.82) is 0 Å². The minimum absolute atomic E-state index is 0.555. The third-order valence-corrected chi connectivity index (χ3v) is 5.02. The Balaban J connectivity index is 1.42. The molecule has 0 saturated carbocycles. The first-order valence-corrected chi connectivity index (χ1v) is 8.82. The number of fused-ring (bicyclic) bond motifs is 1. The van der Waals surface area contributed by atoms with E-state index in [2.05, 4.69) is 27.4 Å². The number of hydrogen-bond donors (Lipinski definition) is 1. The maximum atomic E-state index is 5.95. The number of pyridine rings is 1. The van der Waals surface area contributed by atoms with Crippen LogP contribution in [0.25, 0.3) is 5.52 Å². The Morgan fingerprint density at radius 2 is 2.04 bits per heavy atom. The number of anilines is 1. The smallest absolute Gasteiger partial charge is 0.0706 e. The predicted octanol–water partition coefficient (Wildman–Crippen LogP) is 4.06. The summed E-state index contributed by atoms with van der Waals surface area (Å²) in [7, 11) is 0. The van der Waals surface area contributed by atoms with Gasteiger partial charge in [0.2, 0.25) is 0 Å². The molecule has 4 rings (SSSR count). The molecule has 2 aromatic heterocycles. The third-order valence-electron chi connectivity index (χ3n) is 4.76. The van der Waals surface area contributed by atoms with Gasteiger partial charge in [-0.15, -0.1) is 0 Å². The lowest BCUT2D eigenvalue weighted by Crippen LogP contribution is -2.34. The predicted molar refractivity (Wildman–Crippen MR) is 98.6 cm³/mol. The van der Waals surface area contributed by atoms with Crippen LogP contribution in [0.5, 0.6) is 0 Å². The van der Waals surface area contributed by atoms with E-state index in [0.29, 0.717) is 6.04 Å². The van der Waals surface area contributed by atoms with Crippen LogP contribution in [-0.4, -0.2) is 33.6 Å². The van der Waals surface area contributed by atoms with Crippen molar-refractivity contribution >= 4 is 22.8 Å². The zero-order valence-electron chi connectivity index (χ0n) is 13.5. The van der Waals surface area contributed by atoms with Crippen molar-refractivity contribution in [3.8, 4) is 0 Å². The van der Waals surface area contributed by atoms with E-state index in [1.807, 2.05) is 47.2 Å². The van der Waals surface area contributed by atoms with Gasteiger partial charge in [0.1, 0.15) is 0 Å². The van der Waals surface area contributed by atoms with E-state index >= 15 is 0 Å². The maximum absolute atomic E-state index is 5.95. The number of halogens is 1. The molecule has 0 spiro atoms. The zero-order valence-corrected chi connectivity index (χ0v) is 14.3. The molecule has 4 nitrogen and oxygen atoms in total. The van der Waals surface area contributed by atoms with Crippen LogP contribution < -0.4 is 5.32 Å². The van der Waals surface area contributed by atoms with Crippen molar-refractivity contribution in [2.45, 2.75) is 25.4 Å². The van der Waals surface area contributed by atoms with Crippen molar-refractivity contribution in [2.75, 3.05) is 18.4 Å². The normalized spacial score (nSPS) is 18.3. The van der Waals surface area contributed by atoms with Gasteiger partial charge in [0, 0.05) is 41.6 Å². The molecule has 3 aromatic rings. The minimum atomic E-state index is 0.555. The second-order valence-electron chi connectivity index (χ2n) is 6.35. The van der Waals surface area contributed by atoms with E-state index in [-0.39, 0.29) is 0 Å². The average molecular weight is 341 g/mol. The first kappa shape index (κ1) is 15.5. The summed E-state index contributed by atoms with van der Waals surface area (Å²) < 4.78 is 1.95. The second kappa shape index (κ2) is 6.83. The first-order valence-electron chi connectivity index (χ1n) is 8.44. The van der Waals surface area contributed by atoms with Crippen LogP contribution in [0.2, 0.25) is 5.02 Å². The molecular weight excluding hydrogens is 320 g/mol. The summed E-state index contributed by atoms with van der Waals surface area (Å²) in [5, 5.41) is 8.76. The minimum Gasteiger partial charge on any atom is -0.383 e. The maximum Gasteiger partial charge on any atom is 0.0706 e. The molecule has 124 valence electrons. The van der Waals surface area contributed by atoms with Crippen molar-refractivity contribution < 1.29 is 0 Å². The Bertz CT molecular complexity index is 812. The van der Waals surface area contributed by atoms with Crippen LogP contribution in [0.4, 0.5) is 5.69 Å². The van der Waals surface area contributed by atoms with Crippen LogP contribution in [0.3, 0.4) is 0 Å². The van der Waals surface area contributed by atoms with E-state index in [4.69, 9.17) is 11.6 Å². The van der Waals surface area contributed by atoms with Crippen LogP contribution in [0.15, 0.2) is 54.9 Å². The van der Waals surface area contributed by atoms with Gasteiger partial charge in [-0.25, -0.2) is 4.52 Å². The summed E-state index contributed by atoms with van der Waals surface area (Å²) in [6.07, 6.45) is 6.49. The Hall–Kier alpha value is -2.04. The van der Waals surface area contributed by atoms with Gasteiger partial charge < -0.3 is 5.32 Å². The van der Waals surface area contributed by atoms with Gasteiger partial charge in [0.15, 0.2) is 0 Å². The number of rotatable bonds is 5. The lowest BCUT2D eigenvalue weighted by Gasteiger charge is -2.24. The fraction of sp³-hybridized carbons (Fsp3) is 0.316. The fourth-order valence-corrected chi connectivity index (χ4v) is 3.59. The highest BCUT2D eigenvalue weighted by atomic mass is 35.5. The first-order chi connectivity index (χ1) is 11.8. The number of benzene rings is 1. The Morgan fingerprint density at radius 1 is 1.17 bits per heavy atom. The molecule has 0 amide bonds. The van der Waals surface area contributed by atoms with Gasteiger partial charge in [-0.05, 0) is 55.8 Å². The van der Waals surface area contributed by atoms with Crippen molar-refractivity contribution in [1.82, 2.24) is 14.5 Å². The molecule has 0 radical (unpaired) electrons. The molecule has 1 aromatic carbocycles. The summed E-state index contributed by atoms with van der Waals surface area (Å²) in [5.74, 6) is 0. The number of nitrogens with zero attached hydrogens (tertiary/aromatic N) is 3. The highest BCUT2D eigenvalue weighted by Gasteiger charge is 2.25. The van der Waals surface area contributed by atoms with Crippen LogP contribution in [-0.2, 0) is 6.54 Å². The highest BCUT2D eigenvalue weighted by Crippen LogP contribution is 2.23. The number of nitrogens with one attached hydrogen (secondary N) is 1. The SMILES string of the molecule is Clc1ccc(NC[C@@H]2CCCN2Cc2cnn3ccccc23)cc1. The molecular formula is C19H21ClN4. The van der Waals surface area contributed by atoms with Gasteiger partial charge >= 0.3 is 0 Å². The fourth-order valence-electron chi connectivity index (χ4n) is 3.47. The molecule has 24 heavy (non-hydrogen) atoms. The largest absolute Gasteiger partial charge is 0.383 e. The Kier molecular flexibility index (Phi) is 4.41. The summed E-state index contributed by atoms with van der Waals surface area (Å²) in [4.78, 5) is 2.56. The van der Waals surface area contributed by atoms with Crippen molar-refractivity contribution in [2.24, 2.45) is 0 Å². The summed E-state index contributed by atoms with van der Waals surface area (Å²) in [6, 6.07) is 14.7. The second-order valence-corrected chi connectivity index (χ2v) is 6.79. The lowest BCUT2D eigenvalue weighted by molar-refractivity contribution is 0.255. The monoisotopic (exact) mass is 340 g/mol. The van der Waals surface area contributed by atoms with Gasteiger partial charge in [-0.3, -0.25) is 4.90 Å². The van der Waals surface area contributed by atoms with Gasteiger partial charge in [-0.1, -0.05) is 17.7 Å². The number of hydrogen-bond acceptors (Lipinski definition) is 3. The molecule has 1 saturated heterocycles. The lowest BCUT2D eigenvalue weighted by atomic mass is 10.2. The molecule has 3 heterocycles. The van der Waals surface area contributed by atoms with E-state index in [0.717, 1.165) is 30.3 Å². The standard InChI is InChI=1S/C19H21ClN4/c20-16-6-8-17(9-7-16)21-13-18-4-3-10-23(18)14-15-12-22-24-11-2-1-5-19(15)24/h1-2,5-9,11-12,18,21H,3-4,10,13-14H2/t18-/m0/s1. The molecule has 1 atom stereocenters. The van der Waals surface area contributed by atoms with Gasteiger partial charge in [0.25, 0.3) is 0 Å². The summed E-state index contributed by atoms with van der Waals surface area (Å²) >= 11 is 5.95. The molecule has 0 bridgehead atoms. The van der Waals surface area contributed by atoms with Gasteiger partial charge in [0.05, 0.1) is 11.7 Å². The van der Waals surface area contributed by atoms with E-state index in [9.17, 15) is 0 Å². The topological polar surface area (TPSA) is 32.6 Å². The Morgan fingerprint density at radius 3 is 2.92 bits per heavy atom. The molecule has 0 aliphatic carbocycles. The van der Waals surface area contributed by atoms with Crippen LogP contribution in [0.1, 0.15) is 18.4 Å². The number of aromatic nitrogens is 2. The Labute approximate surface area is 147 Å². The van der Waals surface area contributed by atoms with Gasteiger partial charge in [-0.2, -0.15) is 5.10 Å². The molecule has 1 aliphatic heterocycles. The molecule has 1 aliphatic rings. The van der Waals surface area contributed by atoms with E-state index in [1.165, 1.54) is 23.9 Å². The van der Waals surface area contributed by atoms with E-state index in [1.54, 1.807) is 0 Å². The molecule has 5 heteroatoms. The quantitative estimate of drug-likeness (QED) is 0.760. The molecule has 1 fully saturated rings. The molecule has 0 unspecified atom stereocenters. The number of likely N-dealkylation sites (tertiary alicyclic amines) is 1. The summed E-state index contributed by atoms with van der Waals surface area (Å²) in [6.45, 7) is 3.07. The molecule has 1 N–H and O–H groups in total. The average Bonchev–Trinajstić information content (AvgIpc) is 3.22. The highest BCUT2D eigenvalue weighted by molar-refractivity contribution is 6.30. The van der Waals surface area contributed by atoms with E-state index < -0.39 is 0 Å². The van der Waals surface area contributed by atoms with Crippen LogP contribution in [0, 0.1) is 0 Å². The van der Waals surface area contributed by atoms with Crippen LogP contribution >= 0.6 is 11.6 Å². The van der Waals surface area contributed by atoms with Crippen molar-refractivity contribution in [3.05, 3.63) is 65.4 Å². The third kappa shape index (κ3) is 3.25. The van der Waals surface area contributed by atoms with Crippen molar-refractivity contribution in [3.63, 3.8) is 0 Å². The zero-order chi connectivity index (χ0) is 16.4.